The maximum atomic E-state index is 13.6. The standard InChI is InChI=1S/C14H15BrF2N2/c1-2-5-19-6-3-4-11(19)9-18-14-12(16)7-10(15)8-13(14)17/h3-4,6-8,18H,2,5,9H2,1H3. The van der Waals surface area contributed by atoms with Crippen LogP contribution in [0.15, 0.2) is 34.9 Å². The Bertz CT molecular complexity index is 543. The number of halogens is 3. The summed E-state index contributed by atoms with van der Waals surface area (Å²) in [5.74, 6) is -1.19. The van der Waals surface area contributed by atoms with Crippen LogP contribution < -0.4 is 5.32 Å². The lowest BCUT2D eigenvalue weighted by molar-refractivity contribution is 0.585. The molecule has 5 heteroatoms. The van der Waals surface area contributed by atoms with Crippen molar-refractivity contribution in [2.45, 2.75) is 26.4 Å². The quantitative estimate of drug-likeness (QED) is 0.851. The molecular weight excluding hydrogens is 314 g/mol. The Morgan fingerprint density at radius 3 is 2.58 bits per heavy atom. The smallest absolute Gasteiger partial charge is 0.150 e. The van der Waals surface area contributed by atoms with Crippen LogP contribution in [0, 0.1) is 11.6 Å². The van der Waals surface area contributed by atoms with Gasteiger partial charge < -0.3 is 9.88 Å². The van der Waals surface area contributed by atoms with Gasteiger partial charge in [-0.05, 0) is 30.7 Å². The summed E-state index contributed by atoms with van der Waals surface area (Å²) in [6.07, 6.45) is 2.98. The Labute approximate surface area is 119 Å². The van der Waals surface area contributed by atoms with E-state index in [-0.39, 0.29) is 5.69 Å². The van der Waals surface area contributed by atoms with Gasteiger partial charge in [0.1, 0.15) is 17.3 Å². The monoisotopic (exact) mass is 328 g/mol. The minimum atomic E-state index is -0.597. The van der Waals surface area contributed by atoms with Crippen LogP contribution in [0.1, 0.15) is 19.0 Å². The fourth-order valence-electron chi connectivity index (χ4n) is 1.96. The third-order valence-corrected chi connectivity index (χ3v) is 3.30. The molecule has 2 aromatic rings. The summed E-state index contributed by atoms with van der Waals surface area (Å²) in [5.41, 5.74) is 0.913. The Balaban J connectivity index is 2.12. The summed E-state index contributed by atoms with van der Waals surface area (Å²) in [6.45, 7) is 3.38. The third kappa shape index (κ3) is 3.35. The lowest BCUT2D eigenvalue weighted by Crippen LogP contribution is -2.09. The van der Waals surface area contributed by atoms with Crippen molar-refractivity contribution in [3.05, 3.63) is 52.3 Å². The molecular formula is C14H15BrF2N2. The van der Waals surface area contributed by atoms with Gasteiger partial charge in [-0.2, -0.15) is 0 Å². The van der Waals surface area contributed by atoms with Gasteiger partial charge >= 0.3 is 0 Å². The third-order valence-electron chi connectivity index (χ3n) is 2.84. The van der Waals surface area contributed by atoms with Crippen molar-refractivity contribution < 1.29 is 8.78 Å². The van der Waals surface area contributed by atoms with Gasteiger partial charge in [-0.1, -0.05) is 22.9 Å². The second-order valence-electron chi connectivity index (χ2n) is 4.29. The SMILES string of the molecule is CCCn1cccc1CNc1c(F)cc(Br)cc1F. The van der Waals surface area contributed by atoms with Crippen LogP contribution in [0.4, 0.5) is 14.5 Å². The molecule has 0 unspecified atom stereocenters. The van der Waals surface area contributed by atoms with E-state index >= 15 is 0 Å². The van der Waals surface area contributed by atoms with E-state index in [2.05, 4.69) is 32.7 Å². The summed E-state index contributed by atoms with van der Waals surface area (Å²) < 4.78 is 29.8. The van der Waals surface area contributed by atoms with Crippen LogP contribution in [0.5, 0.6) is 0 Å². The van der Waals surface area contributed by atoms with E-state index in [0.717, 1.165) is 18.7 Å². The zero-order chi connectivity index (χ0) is 13.8. The molecule has 1 heterocycles. The molecule has 2 nitrogen and oxygen atoms in total. The van der Waals surface area contributed by atoms with Crippen molar-refractivity contribution in [3.8, 4) is 0 Å². The number of rotatable bonds is 5. The van der Waals surface area contributed by atoms with Crippen LogP contribution >= 0.6 is 15.9 Å². The highest BCUT2D eigenvalue weighted by atomic mass is 79.9. The van der Waals surface area contributed by atoms with Crippen molar-refractivity contribution in [2.24, 2.45) is 0 Å². The number of hydrogen-bond donors (Lipinski definition) is 1. The number of aryl methyl sites for hydroxylation is 1. The average Bonchev–Trinajstić information content (AvgIpc) is 2.76. The lowest BCUT2D eigenvalue weighted by Gasteiger charge is -2.11. The first kappa shape index (κ1) is 14.1. The van der Waals surface area contributed by atoms with E-state index in [9.17, 15) is 8.78 Å². The van der Waals surface area contributed by atoms with E-state index in [1.54, 1.807) is 0 Å². The van der Waals surface area contributed by atoms with Crippen LogP contribution in [0.3, 0.4) is 0 Å². The Kier molecular flexibility index (Phi) is 4.58. The van der Waals surface area contributed by atoms with E-state index in [1.165, 1.54) is 12.1 Å². The van der Waals surface area contributed by atoms with Crippen molar-refractivity contribution in [3.63, 3.8) is 0 Å². The minimum Gasteiger partial charge on any atom is -0.375 e. The molecule has 0 radical (unpaired) electrons. The zero-order valence-corrected chi connectivity index (χ0v) is 12.2. The predicted molar refractivity (Wildman–Crippen MR) is 76.1 cm³/mol. The van der Waals surface area contributed by atoms with Gasteiger partial charge in [-0.25, -0.2) is 8.78 Å². The number of nitrogens with one attached hydrogen (secondary N) is 1. The van der Waals surface area contributed by atoms with E-state index in [1.807, 2.05) is 18.3 Å². The summed E-state index contributed by atoms with van der Waals surface area (Å²) in [4.78, 5) is 0. The number of nitrogens with zero attached hydrogens (tertiary/aromatic N) is 1. The first-order valence-electron chi connectivity index (χ1n) is 6.14. The van der Waals surface area contributed by atoms with Crippen LogP contribution in [0.2, 0.25) is 0 Å². The van der Waals surface area contributed by atoms with Crippen LogP contribution in [-0.4, -0.2) is 4.57 Å². The molecule has 1 N–H and O–H groups in total. The molecule has 0 amide bonds. The van der Waals surface area contributed by atoms with Gasteiger partial charge in [0.2, 0.25) is 0 Å². The normalized spacial score (nSPS) is 10.7. The van der Waals surface area contributed by atoms with E-state index < -0.39 is 11.6 Å². The molecule has 0 saturated carbocycles. The first-order valence-corrected chi connectivity index (χ1v) is 6.93. The molecule has 2 rings (SSSR count). The Hall–Kier alpha value is -1.36. The second-order valence-corrected chi connectivity index (χ2v) is 5.21. The Morgan fingerprint density at radius 2 is 1.95 bits per heavy atom. The topological polar surface area (TPSA) is 17.0 Å². The molecule has 0 bridgehead atoms. The first-order chi connectivity index (χ1) is 9.11. The summed E-state index contributed by atoms with van der Waals surface area (Å²) in [6, 6.07) is 6.37. The Morgan fingerprint density at radius 1 is 1.26 bits per heavy atom. The molecule has 0 saturated heterocycles. The van der Waals surface area contributed by atoms with Crippen LogP contribution in [0.25, 0.3) is 0 Å². The second kappa shape index (κ2) is 6.19. The minimum absolute atomic E-state index is 0.0903. The highest BCUT2D eigenvalue weighted by Crippen LogP contribution is 2.24. The molecule has 102 valence electrons. The van der Waals surface area contributed by atoms with Crippen LogP contribution in [-0.2, 0) is 13.1 Å². The summed E-state index contributed by atoms with van der Waals surface area (Å²) in [5, 5.41) is 2.82. The van der Waals surface area contributed by atoms with Gasteiger partial charge in [-0.15, -0.1) is 0 Å². The van der Waals surface area contributed by atoms with E-state index in [0.29, 0.717) is 11.0 Å². The molecule has 0 fully saturated rings. The molecule has 0 aliphatic heterocycles. The molecule has 0 aliphatic carbocycles. The number of anilines is 1. The van der Waals surface area contributed by atoms with Gasteiger partial charge in [0.15, 0.2) is 0 Å². The molecule has 0 spiro atoms. The van der Waals surface area contributed by atoms with Gasteiger partial charge in [0.05, 0.1) is 6.54 Å². The largest absolute Gasteiger partial charge is 0.375 e. The average molecular weight is 329 g/mol. The van der Waals surface area contributed by atoms with Gasteiger partial charge in [-0.3, -0.25) is 0 Å². The highest BCUT2D eigenvalue weighted by Gasteiger charge is 2.10. The molecule has 1 aromatic heterocycles. The fraction of sp³-hybridized carbons (Fsp3) is 0.286. The summed E-state index contributed by atoms with van der Waals surface area (Å²) in [7, 11) is 0. The van der Waals surface area contributed by atoms with Crippen molar-refractivity contribution in [1.29, 1.82) is 0 Å². The zero-order valence-electron chi connectivity index (χ0n) is 10.6. The number of hydrogen-bond acceptors (Lipinski definition) is 1. The van der Waals surface area contributed by atoms with Gasteiger partial charge in [0, 0.05) is 22.9 Å². The lowest BCUT2D eigenvalue weighted by atomic mass is 10.3. The summed E-state index contributed by atoms with van der Waals surface area (Å²) >= 11 is 3.06. The van der Waals surface area contributed by atoms with Gasteiger partial charge in [0.25, 0.3) is 0 Å². The predicted octanol–water partition coefficient (Wildman–Crippen LogP) is 4.55. The molecule has 1 aromatic carbocycles. The molecule has 19 heavy (non-hydrogen) atoms. The fourth-order valence-corrected chi connectivity index (χ4v) is 2.36. The number of aromatic nitrogens is 1. The van der Waals surface area contributed by atoms with E-state index in [4.69, 9.17) is 0 Å². The highest BCUT2D eigenvalue weighted by molar-refractivity contribution is 9.10. The number of benzene rings is 1. The molecule has 0 aliphatic rings. The molecule has 0 atom stereocenters. The van der Waals surface area contributed by atoms with Crippen molar-refractivity contribution >= 4 is 21.6 Å². The van der Waals surface area contributed by atoms with Crippen molar-refractivity contribution in [2.75, 3.05) is 5.32 Å². The maximum absolute atomic E-state index is 13.6. The maximum Gasteiger partial charge on any atom is 0.150 e. The van der Waals surface area contributed by atoms with Crippen molar-refractivity contribution in [1.82, 2.24) is 4.57 Å².